The monoisotopic (exact) mass is 198 g/mol. The van der Waals surface area contributed by atoms with Crippen molar-refractivity contribution in [2.45, 2.75) is 39.2 Å². The van der Waals surface area contributed by atoms with Gasteiger partial charge >= 0.3 is 0 Å². The molecule has 0 aromatic carbocycles. The van der Waals surface area contributed by atoms with Crippen molar-refractivity contribution >= 4 is 5.91 Å². The van der Waals surface area contributed by atoms with Gasteiger partial charge in [-0.05, 0) is 25.3 Å². The maximum absolute atomic E-state index is 11.6. The predicted octanol–water partition coefficient (Wildman–Crippen LogP) is 1.24. The number of amides is 1. The molecule has 1 saturated heterocycles. The zero-order valence-electron chi connectivity index (χ0n) is 9.55. The second-order valence-corrected chi connectivity index (χ2v) is 4.51. The topological polar surface area (TPSA) is 32.3 Å². The van der Waals surface area contributed by atoms with Crippen LogP contribution in [0.15, 0.2) is 0 Å². The molecule has 0 aliphatic carbocycles. The molecular weight excluding hydrogens is 176 g/mol. The lowest BCUT2D eigenvalue weighted by molar-refractivity contribution is -0.127. The summed E-state index contributed by atoms with van der Waals surface area (Å²) in [6.45, 7) is 6.53. The van der Waals surface area contributed by atoms with Crippen molar-refractivity contribution in [3.8, 4) is 0 Å². The molecule has 14 heavy (non-hydrogen) atoms. The van der Waals surface area contributed by atoms with Gasteiger partial charge in [0.25, 0.3) is 0 Å². The molecule has 0 radical (unpaired) electrons. The van der Waals surface area contributed by atoms with Gasteiger partial charge in [-0.25, -0.2) is 0 Å². The van der Waals surface area contributed by atoms with Crippen molar-refractivity contribution < 1.29 is 4.79 Å². The average Bonchev–Trinajstić information content (AvgIpc) is 2.16. The Bertz CT molecular complexity index is 192. The summed E-state index contributed by atoms with van der Waals surface area (Å²) in [4.78, 5) is 13.9. The molecule has 82 valence electrons. The summed E-state index contributed by atoms with van der Waals surface area (Å²) < 4.78 is 0. The van der Waals surface area contributed by atoms with Gasteiger partial charge in [0.2, 0.25) is 5.91 Å². The molecule has 1 fully saturated rings. The number of nitrogens with one attached hydrogen (secondary N) is 1. The summed E-state index contributed by atoms with van der Waals surface area (Å²) in [7, 11) is 1.73. The number of nitrogens with zero attached hydrogens (tertiary/aromatic N) is 1. The molecule has 1 atom stereocenters. The fourth-order valence-corrected chi connectivity index (χ4v) is 2.14. The number of likely N-dealkylation sites (N-methyl/N-ethyl adjacent to an activating group) is 1. The first kappa shape index (κ1) is 11.5. The largest absolute Gasteiger partial charge is 0.358 e. The van der Waals surface area contributed by atoms with Crippen LogP contribution in [-0.2, 0) is 4.79 Å². The highest BCUT2D eigenvalue weighted by Gasteiger charge is 2.27. The van der Waals surface area contributed by atoms with E-state index in [-0.39, 0.29) is 11.9 Å². The van der Waals surface area contributed by atoms with E-state index >= 15 is 0 Å². The predicted molar refractivity (Wildman–Crippen MR) is 58.1 cm³/mol. The van der Waals surface area contributed by atoms with Crippen LogP contribution in [0.3, 0.4) is 0 Å². The van der Waals surface area contributed by atoms with E-state index < -0.39 is 0 Å². The Balaban J connectivity index is 2.54. The summed E-state index contributed by atoms with van der Waals surface area (Å²) >= 11 is 0. The Morgan fingerprint density at radius 2 is 2.21 bits per heavy atom. The van der Waals surface area contributed by atoms with E-state index in [1.807, 2.05) is 0 Å². The molecule has 0 unspecified atom stereocenters. The molecular formula is C11H22N2O. The van der Waals surface area contributed by atoms with Crippen LogP contribution in [0, 0.1) is 5.92 Å². The Labute approximate surface area is 86.9 Å². The summed E-state index contributed by atoms with van der Waals surface area (Å²) in [5.74, 6) is 0.825. The van der Waals surface area contributed by atoms with Crippen LogP contribution >= 0.6 is 0 Å². The van der Waals surface area contributed by atoms with Crippen LogP contribution in [0.4, 0.5) is 0 Å². The molecule has 0 bridgehead atoms. The van der Waals surface area contributed by atoms with Gasteiger partial charge in [0.15, 0.2) is 0 Å². The number of rotatable bonds is 3. The summed E-state index contributed by atoms with van der Waals surface area (Å²) in [6.07, 6.45) is 3.44. The highest BCUT2D eigenvalue weighted by Crippen LogP contribution is 2.18. The minimum absolute atomic E-state index is 0.121. The second-order valence-electron chi connectivity index (χ2n) is 4.51. The molecule has 1 amide bonds. The van der Waals surface area contributed by atoms with E-state index in [9.17, 15) is 4.79 Å². The van der Waals surface area contributed by atoms with E-state index in [1.54, 1.807) is 7.05 Å². The molecule has 1 N–H and O–H groups in total. The van der Waals surface area contributed by atoms with E-state index in [0.717, 1.165) is 19.5 Å². The van der Waals surface area contributed by atoms with Crippen molar-refractivity contribution in [1.82, 2.24) is 10.2 Å². The lowest BCUT2D eigenvalue weighted by Gasteiger charge is -2.35. The Kier molecular flexibility index (Phi) is 4.39. The second kappa shape index (κ2) is 5.35. The highest BCUT2D eigenvalue weighted by molar-refractivity contribution is 5.81. The first-order valence-electron chi connectivity index (χ1n) is 5.60. The fourth-order valence-electron chi connectivity index (χ4n) is 2.14. The Hall–Kier alpha value is -0.570. The molecule has 0 spiro atoms. The minimum Gasteiger partial charge on any atom is -0.358 e. The molecule has 3 nitrogen and oxygen atoms in total. The molecule has 1 heterocycles. The van der Waals surface area contributed by atoms with Crippen LogP contribution in [-0.4, -0.2) is 37.0 Å². The normalized spacial score (nSPS) is 23.9. The van der Waals surface area contributed by atoms with Crippen molar-refractivity contribution in [3.63, 3.8) is 0 Å². The fraction of sp³-hybridized carbons (Fsp3) is 0.909. The number of hydrogen-bond donors (Lipinski definition) is 1. The molecule has 0 aromatic rings. The van der Waals surface area contributed by atoms with Crippen LogP contribution in [0.2, 0.25) is 0 Å². The molecule has 0 saturated carbocycles. The molecule has 1 aliphatic heterocycles. The number of carbonyl (C=O) groups excluding carboxylic acids is 1. The minimum atomic E-state index is 0.121. The van der Waals surface area contributed by atoms with Crippen LogP contribution in [0.5, 0.6) is 0 Å². The molecule has 1 aliphatic rings. The zero-order chi connectivity index (χ0) is 10.6. The van der Waals surface area contributed by atoms with Crippen molar-refractivity contribution in [1.29, 1.82) is 0 Å². The van der Waals surface area contributed by atoms with Gasteiger partial charge in [0.05, 0.1) is 6.04 Å². The molecule has 3 heteroatoms. The third-order valence-corrected chi connectivity index (χ3v) is 2.76. The van der Waals surface area contributed by atoms with Crippen LogP contribution in [0.25, 0.3) is 0 Å². The average molecular weight is 198 g/mol. The molecule has 1 rings (SSSR count). The summed E-state index contributed by atoms with van der Waals surface area (Å²) in [6, 6.07) is 0.121. The standard InChI is InChI=1S/C11H22N2O/c1-9(2)8-13-7-5-4-6-10(13)11(14)12-3/h9-10H,4-8H2,1-3H3,(H,12,14)/t10-/m1/s1. The maximum Gasteiger partial charge on any atom is 0.237 e. The van der Waals surface area contributed by atoms with Gasteiger partial charge in [-0.2, -0.15) is 0 Å². The number of hydrogen-bond acceptors (Lipinski definition) is 2. The number of likely N-dealkylation sites (tertiary alicyclic amines) is 1. The van der Waals surface area contributed by atoms with Crippen molar-refractivity contribution in [2.75, 3.05) is 20.1 Å². The van der Waals surface area contributed by atoms with Crippen molar-refractivity contribution in [2.24, 2.45) is 5.92 Å². The quantitative estimate of drug-likeness (QED) is 0.740. The highest BCUT2D eigenvalue weighted by atomic mass is 16.2. The van der Waals surface area contributed by atoms with E-state index in [1.165, 1.54) is 12.8 Å². The number of piperidine rings is 1. The lowest BCUT2D eigenvalue weighted by atomic mass is 10.00. The summed E-state index contributed by atoms with van der Waals surface area (Å²) in [5, 5.41) is 2.76. The van der Waals surface area contributed by atoms with Gasteiger partial charge in [-0.15, -0.1) is 0 Å². The zero-order valence-corrected chi connectivity index (χ0v) is 9.55. The van der Waals surface area contributed by atoms with E-state index in [4.69, 9.17) is 0 Å². The first-order chi connectivity index (χ1) is 6.65. The number of carbonyl (C=O) groups is 1. The lowest BCUT2D eigenvalue weighted by Crippen LogP contribution is -2.49. The SMILES string of the molecule is CNC(=O)[C@H]1CCCCN1CC(C)C. The summed E-state index contributed by atoms with van der Waals surface area (Å²) in [5.41, 5.74) is 0. The smallest absolute Gasteiger partial charge is 0.237 e. The van der Waals surface area contributed by atoms with Gasteiger partial charge in [-0.3, -0.25) is 9.69 Å². The third kappa shape index (κ3) is 2.98. The third-order valence-electron chi connectivity index (χ3n) is 2.76. The van der Waals surface area contributed by atoms with E-state index in [2.05, 4.69) is 24.1 Å². The van der Waals surface area contributed by atoms with Gasteiger partial charge in [-0.1, -0.05) is 20.3 Å². The maximum atomic E-state index is 11.6. The van der Waals surface area contributed by atoms with Crippen LogP contribution in [0.1, 0.15) is 33.1 Å². The van der Waals surface area contributed by atoms with Crippen LogP contribution < -0.4 is 5.32 Å². The van der Waals surface area contributed by atoms with Gasteiger partial charge in [0, 0.05) is 13.6 Å². The first-order valence-corrected chi connectivity index (χ1v) is 5.60. The van der Waals surface area contributed by atoms with Gasteiger partial charge in [0.1, 0.15) is 0 Å². The molecule has 0 aromatic heterocycles. The Morgan fingerprint density at radius 1 is 1.50 bits per heavy atom. The Morgan fingerprint density at radius 3 is 2.79 bits per heavy atom. The van der Waals surface area contributed by atoms with E-state index in [0.29, 0.717) is 5.92 Å². The van der Waals surface area contributed by atoms with Gasteiger partial charge < -0.3 is 5.32 Å². The van der Waals surface area contributed by atoms with Crippen molar-refractivity contribution in [3.05, 3.63) is 0 Å².